The number of nitrogens with one attached hydrogen (secondary N) is 1. The highest BCUT2D eigenvalue weighted by molar-refractivity contribution is 5.84. The fourth-order valence-corrected chi connectivity index (χ4v) is 2.52. The molecule has 2 aliphatic heterocycles. The second-order valence-corrected chi connectivity index (χ2v) is 4.39. The quantitative estimate of drug-likeness (QED) is 0.595. The van der Waals surface area contributed by atoms with Crippen LogP contribution in [-0.2, 0) is 4.79 Å². The van der Waals surface area contributed by atoms with E-state index in [1.54, 1.807) is 0 Å². The molecule has 1 spiro atoms. The van der Waals surface area contributed by atoms with Gasteiger partial charge >= 0.3 is 0 Å². The average molecular weight is 182 g/mol. The lowest BCUT2D eigenvalue weighted by Crippen LogP contribution is -2.39. The van der Waals surface area contributed by atoms with Crippen LogP contribution < -0.4 is 5.32 Å². The third-order valence-electron chi connectivity index (χ3n) is 3.45. The van der Waals surface area contributed by atoms with Gasteiger partial charge in [0.1, 0.15) is 0 Å². The van der Waals surface area contributed by atoms with E-state index in [1.807, 2.05) is 11.9 Å². The molecular weight excluding hydrogens is 164 g/mol. The molecule has 74 valence electrons. The summed E-state index contributed by atoms with van der Waals surface area (Å²) in [7, 11) is 1.92. The van der Waals surface area contributed by atoms with Crippen LogP contribution in [-0.4, -0.2) is 37.5 Å². The summed E-state index contributed by atoms with van der Waals surface area (Å²) >= 11 is 0. The summed E-state index contributed by atoms with van der Waals surface area (Å²) < 4.78 is 0. The molecular formula is C10H18N2O. The minimum atomic E-state index is -0.0365. The summed E-state index contributed by atoms with van der Waals surface area (Å²) in [5.74, 6) is 0.363. The Morgan fingerprint density at radius 3 is 2.92 bits per heavy atom. The maximum absolute atomic E-state index is 11.9. The van der Waals surface area contributed by atoms with E-state index in [1.165, 1.54) is 12.8 Å². The third-order valence-corrected chi connectivity index (χ3v) is 3.45. The number of likely N-dealkylation sites (tertiary alicyclic amines) is 1. The zero-order chi connectivity index (χ0) is 9.31. The fraction of sp³-hybridized carbons (Fsp3) is 0.900. The lowest BCUT2D eigenvalue weighted by molar-refractivity contribution is -0.135. The first-order valence-electron chi connectivity index (χ1n) is 5.21. The highest BCUT2D eigenvalue weighted by atomic mass is 16.2. The van der Waals surface area contributed by atoms with Gasteiger partial charge in [0, 0.05) is 20.1 Å². The van der Waals surface area contributed by atoms with Crippen LogP contribution in [0.15, 0.2) is 0 Å². The zero-order valence-corrected chi connectivity index (χ0v) is 8.31. The molecule has 0 aromatic rings. The molecule has 1 N–H and O–H groups in total. The van der Waals surface area contributed by atoms with Crippen molar-refractivity contribution in [1.82, 2.24) is 10.2 Å². The smallest absolute Gasteiger partial charge is 0.229 e. The number of nitrogens with zero attached hydrogens (tertiary/aromatic N) is 1. The topological polar surface area (TPSA) is 32.3 Å². The molecule has 1 unspecified atom stereocenters. The van der Waals surface area contributed by atoms with Crippen molar-refractivity contribution in [3.8, 4) is 0 Å². The van der Waals surface area contributed by atoms with E-state index in [4.69, 9.17) is 0 Å². The number of hydrogen-bond donors (Lipinski definition) is 1. The molecule has 3 nitrogen and oxygen atoms in total. The summed E-state index contributed by atoms with van der Waals surface area (Å²) in [4.78, 5) is 13.8. The molecule has 2 rings (SSSR count). The third kappa shape index (κ3) is 1.46. The Morgan fingerprint density at radius 1 is 1.38 bits per heavy atom. The minimum absolute atomic E-state index is 0.0365. The van der Waals surface area contributed by atoms with Crippen molar-refractivity contribution in [2.24, 2.45) is 5.41 Å². The van der Waals surface area contributed by atoms with Crippen molar-refractivity contribution < 1.29 is 4.79 Å². The van der Waals surface area contributed by atoms with E-state index < -0.39 is 0 Å². The first kappa shape index (κ1) is 9.00. The number of amides is 1. The van der Waals surface area contributed by atoms with Gasteiger partial charge in [-0.05, 0) is 25.8 Å². The van der Waals surface area contributed by atoms with Crippen LogP contribution in [0.1, 0.15) is 25.7 Å². The van der Waals surface area contributed by atoms with Crippen LogP contribution in [0.25, 0.3) is 0 Å². The second kappa shape index (κ2) is 3.29. The van der Waals surface area contributed by atoms with Gasteiger partial charge in [0.2, 0.25) is 5.91 Å². The Kier molecular flexibility index (Phi) is 2.28. The van der Waals surface area contributed by atoms with Crippen molar-refractivity contribution >= 4 is 5.91 Å². The zero-order valence-electron chi connectivity index (χ0n) is 8.31. The predicted molar refractivity (Wildman–Crippen MR) is 51.4 cm³/mol. The van der Waals surface area contributed by atoms with Gasteiger partial charge < -0.3 is 10.2 Å². The number of carbonyl (C=O) groups is 1. The Bertz CT molecular complexity index is 207. The van der Waals surface area contributed by atoms with Gasteiger partial charge in [0.15, 0.2) is 0 Å². The van der Waals surface area contributed by atoms with Gasteiger partial charge in [-0.3, -0.25) is 4.79 Å². The summed E-state index contributed by atoms with van der Waals surface area (Å²) in [6.45, 7) is 2.93. The van der Waals surface area contributed by atoms with Crippen LogP contribution >= 0.6 is 0 Å². The van der Waals surface area contributed by atoms with Crippen molar-refractivity contribution in [3.05, 3.63) is 0 Å². The van der Waals surface area contributed by atoms with E-state index in [-0.39, 0.29) is 5.41 Å². The second-order valence-electron chi connectivity index (χ2n) is 4.39. The first-order chi connectivity index (χ1) is 6.25. The fourth-order valence-electron chi connectivity index (χ4n) is 2.52. The molecule has 3 heteroatoms. The highest BCUT2D eigenvalue weighted by Gasteiger charge is 2.44. The number of rotatable bonds is 0. The van der Waals surface area contributed by atoms with Crippen molar-refractivity contribution in [1.29, 1.82) is 0 Å². The normalized spacial score (nSPS) is 35.5. The van der Waals surface area contributed by atoms with E-state index in [0.717, 1.165) is 32.5 Å². The van der Waals surface area contributed by atoms with Crippen LogP contribution in [0, 0.1) is 5.41 Å². The monoisotopic (exact) mass is 182 g/mol. The van der Waals surface area contributed by atoms with Gasteiger partial charge in [-0.1, -0.05) is 6.42 Å². The van der Waals surface area contributed by atoms with Crippen LogP contribution in [0.2, 0.25) is 0 Å². The molecule has 0 aromatic carbocycles. The summed E-state index contributed by atoms with van der Waals surface area (Å²) in [5, 5.41) is 3.38. The Labute approximate surface area is 79.5 Å². The summed E-state index contributed by atoms with van der Waals surface area (Å²) in [5.41, 5.74) is -0.0365. The predicted octanol–water partition coefficient (Wildman–Crippen LogP) is 0.608. The molecule has 0 saturated carbocycles. The largest absolute Gasteiger partial charge is 0.345 e. The molecule has 0 aliphatic carbocycles. The Balaban J connectivity index is 2.13. The van der Waals surface area contributed by atoms with E-state index in [9.17, 15) is 4.79 Å². The van der Waals surface area contributed by atoms with Gasteiger partial charge in [-0.15, -0.1) is 0 Å². The summed E-state index contributed by atoms with van der Waals surface area (Å²) in [6.07, 6.45) is 4.56. The first-order valence-corrected chi connectivity index (χ1v) is 5.21. The molecule has 2 heterocycles. The van der Waals surface area contributed by atoms with Gasteiger partial charge in [0.05, 0.1) is 5.41 Å². The lowest BCUT2D eigenvalue weighted by Gasteiger charge is -2.24. The maximum atomic E-state index is 11.9. The minimum Gasteiger partial charge on any atom is -0.345 e. The van der Waals surface area contributed by atoms with E-state index in [0.29, 0.717) is 5.91 Å². The van der Waals surface area contributed by atoms with E-state index in [2.05, 4.69) is 5.32 Å². The number of carbonyl (C=O) groups excluding carboxylic acids is 1. The average Bonchev–Trinajstić information content (AvgIpc) is 2.38. The van der Waals surface area contributed by atoms with Crippen molar-refractivity contribution in [2.45, 2.75) is 25.7 Å². The van der Waals surface area contributed by atoms with Crippen LogP contribution in [0.5, 0.6) is 0 Å². The Morgan fingerprint density at radius 2 is 2.23 bits per heavy atom. The lowest BCUT2D eigenvalue weighted by atomic mass is 9.82. The molecule has 1 atom stereocenters. The van der Waals surface area contributed by atoms with E-state index >= 15 is 0 Å². The molecule has 1 amide bonds. The maximum Gasteiger partial charge on any atom is 0.229 e. The van der Waals surface area contributed by atoms with Gasteiger partial charge in [-0.25, -0.2) is 0 Å². The highest BCUT2D eigenvalue weighted by Crippen LogP contribution is 2.36. The van der Waals surface area contributed by atoms with Gasteiger partial charge in [-0.2, -0.15) is 0 Å². The molecule has 0 aromatic heterocycles. The molecule has 2 aliphatic rings. The van der Waals surface area contributed by atoms with Gasteiger partial charge in [0.25, 0.3) is 0 Å². The molecule has 2 saturated heterocycles. The molecule has 2 fully saturated rings. The van der Waals surface area contributed by atoms with Crippen molar-refractivity contribution in [2.75, 3.05) is 26.7 Å². The molecule has 0 radical (unpaired) electrons. The number of hydrogen-bond acceptors (Lipinski definition) is 2. The van der Waals surface area contributed by atoms with Crippen LogP contribution in [0.3, 0.4) is 0 Å². The molecule has 13 heavy (non-hydrogen) atoms. The summed E-state index contributed by atoms with van der Waals surface area (Å²) in [6, 6.07) is 0. The molecule has 0 bridgehead atoms. The standard InChI is InChI=1S/C10H18N2O/c1-12-7-5-10(9(12)13)4-2-3-6-11-8-10/h11H,2-8H2,1H3. The van der Waals surface area contributed by atoms with Crippen molar-refractivity contribution in [3.63, 3.8) is 0 Å². The SMILES string of the molecule is CN1CCC2(CCCCNC2)C1=O. The Hall–Kier alpha value is -0.570. The van der Waals surface area contributed by atoms with Crippen LogP contribution in [0.4, 0.5) is 0 Å².